The average molecular weight is 334 g/mol. The van der Waals surface area contributed by atoms with Crippen LogP contribution in [0.1, 0.15) is 18.5 Å². The van der Waals surface area contributed by atoms with Crippen LogP contribution in [0.5, 0.6) is 0 Å². The molecule has 128 valence electrons. The standard InChI is InChI=1S/C21H22N2O2/c1-15(23-10-12-25-13-11-23)16-2-4-17(5-3-16)19-7-6-18-8-9-22-21(24)20(18)14-19/h2-9,14-15H,10-13H2,1H3,(H,22,24)/t15-/m1/s1. The van der Waals surface area contributed by atoms with E-state index in [9.17, 15) is 4.79 Å². The Bertz CT molecular complexity index is 925. The fraction of sp³-hybridized carbons (Fsp3) is 0.286. The van der Waals surface area contributed by atoms with Crippen LogP contribution in [0, 0.1) is 0 Å². The van der Waals surface area contributed by atoms with Gasteiger partial charge in [-0.2, -0.15) is 0 Å². The third kappa shape index (κ3) is 3.23. The number of nitrogens with zero attached hydrogens (tertiary/aromatic N) is 1. The molecule has 1 atom stereocenters. The molecule has 4 heteroatoms. The fourth-order valence-electron chi connectivity index (χ4n) is 3.49. The van der Waals surface area contributed by atoms with Crippen molar-refractivity contribution in [2.24, 2.45) is 0 Å². The van der Waals surface area contributed by atoms with Crippen LogP contribution in [-0.2, 0) is 4.74 Å². The summed E-state index contributed by atoms with van der Waals surface area (Å²) in [6.45, 7) is 5.84. The van der Waals surface area contributed by atoms with Gasteiger partial charge in [0.15, 0.2) is 0 Å². The van der Waals surface area contributed by atoms with Crippen LogP contribution in [0.15, 0.2) is 59.5 Å². The maximum atomic E-state index is 12.0. The highest BCUT2D eigenvalue weighted by Gasteiger charge is 2.18. The van der Waals surface area contributed by atoms with Crippen LogP contribution in [0.4, 0.5) is 0 Å². The van der Waals surface area contributed by atoms with E-state index in [2.05, 4.69) is 47.1 Å². The molecule has 25 heavy (non-hydrogen) atoms. The van der Waals surface area contributed by atoms with Crippen molar-refractivity contribution >= 4 is 10.8 Å². The first-order chi connectivity index (χ1) is 12.2. The van der Waals surface area contributed by atoms with Gasteiger partial charge in [0, 0.05) is 30.7 Å². The molecule has 0 amide bonds. The maximum absolute atomic E-state index is 12.0. The Morgan fingerprint density at radius 2 is 1.72 bits per heavy atom. The van der Waals surface area contributed by atoms with Crippen molar-refractivity contribution in [3.05, 3.63) is 70.6 Å². The average Bonchev–Trinajstić information content (AvgIpc) is 2.68. The zero-order chi connectivity index (χ0) is 17.2. The van der Waals surface area contributed by atoms with Gasteiger partial charge in [-0.25, -0.2) is 0 Å². The Kier molecular flexibility index (Phi) is 4.38. The van der Waals surface area contributed by atoms with Gasteiger partial charge in [-0.3, -0.25) is 9.69 Å². The van der Waals surface area contributed by atoms with E-state index in [-0.39, 0.29) is 5.56 Å². The molecule has 4 rings (SSSR count). The predicted molar refractivity (Wildman–Crippen MR) is 101 cm³/mol. The van der Waals surface area contributed by atoms with E-state index >= 15 is 0 Å². The third-order valence-electron chi connectivity index (χ3n) is 5.10. The molecule has 0 radical (unpaired) electrons. The van der Waals surface area contributed by atoms with Crippen molar-refractivity contribution in [2.75, 3.05) is 26.3 Å². The molecule has 3 aromatic rings. The van der Waals surface area contributed by atoms with Gasteiger partial charge in [-0.15, -0.1) is 0 Å². The number of H-pyrrole nitrogens is 1. The van der Waals surface area contributed by atoms with Crippen molar-refractivity contribution in [2.45, 2.75) is 13.0 Å². The van der Waals surface area contributed by atoms with E-state index in [1.54, 1.807) is 6.20 Å². The second-order valence-corrected chi connectivity index (χ2v) is 6.56. The monoisotopic (exact) mass is 334 g/mol. The van der Waals surface area contributed by atoms with Crippen LogP contribution in [0.2, 0.25) is 0 Å². The largest absolute Gasteiger partial charge is 0.379 e. The SMILES string of the molecule is C[C@H](c1ccc(-c2ccc3cc[nH]c(=O)c3c2)cc1)N1CCOCC1. The summed E-state index contributed by atoms with van der Waals surface area (Å²) in [5.41, 5.74) is 3.46. The maximum Gasteiger partial charge on any atom is 0.255 e. The molecule has 1 aliphatic rings. The molecule has 0 unspecified atom stereocenters. The van der Waals surface area contributed by atoms with Crippen molar-refractivity contribution in [3.8, 4) is 11.1 Å². The fourth-order valence-corrected chi connectivity index (χ4v) is 3.49. The summed E-state index contributed by atoms with van der Waals surface area (Å²) in [6.07, 6.45) is 1.69. The molecule has 2 heterocycles. The van der Waals surface area contributed by atoms with Gasteiger partial charge in [0.2, 0.25) is 0 Å². The number of morpholine rings is 1. The molecule has 0 saturated carbocycles. The first-order valence-electron chi connectivity index (χ1n) is 8.76. The number of ether oxygens (including phenoxy) is 1. The quantitative estimate of drug-likeness (QED) is 0.796. The Morgan fingerprint density at radius 1 is 1.00 bits per heavy atom. The summed E-state index contributed by atoms with van der Waals surface area (Å²) in [7, 11) is 0. The number of hydrogen-bond donors (Lipinski definition) is 1. The topological polar surface area (TPSA) is 45.3 Å². The number of aromatic amines is 1. The number of hydrogen-bond acceptors (Lipinski definition) is 3. The lowest BCUT2D eigenvalue weighted by Gasteiger charge is -2.32. The molecular weight excluding hydrogens is 312 g/mol. The molecule has 1 fully saturated rings. The van der Waals surface area contributed by atoms with E-state index in [1.807, 2.05) is 18.2 Å². The van der Waals surface area contributed by atoms with Crippen LogP contribution in [0.25, 0.3) is 21.9 Å². The number of pyridine rings is 1. The molecule has 2 aromatic carbocycles. The molecule has 1 saturated heterocycles. The number of rotatable bonds is 3. The molecule has 0 spiro atoms. The second kappa shape index (κ2) is 6.82. The zero-order valence-corrected chi connectivity index (χ0v) is 14.4. The van der Waals surface area contributed by atoms with Crippen LogP contribution >= 0.6 is 0 Å². The summed E-state index contributed by atoms with van der Waals surface area (Å²) >= 11 is 0. The van der Waals surface area contributed by atoms with E-state index < -0.39 is 0 Å². The molecule has 1 N–H and O–H groups in total. The van der Waals surface area contributed by atoms with Gasteiger partial charge in [-0.05, 0) is 41.1 Å². The highest BCUT2D eigenvalue weighted by Crippen LogP contribution is 2.26. The van der Waals surface area contributed by atoms with Gasteiger partial charge in [0.1, 0.15) is 0 Å². The Balaban J connectivity index is 1.61. The van der Waals surface area contributed by atoms with Gasteiger partial charge in [-0.1, -0.05) is 36.4 Å². The Morgan fingerprint density at radius 3 is 2.48 bits per heavy atom. The lowest BCUT2D eigenvalue weighted by atomic mass is 9.99. The first-order valence-corrected chi connectivity index (χ1v) is 8.76. The minimum Gasteiger partial charge on any atom is -0.379 e. The Labute approximate surface area is 147 Å². The van der Waals surface area contributed by atoms with E-state index in [0.717, 1.165) is 48.2 Å². The van der Waals surface area contributed by atoms with E-state index in [1.165, 1.54) is 5.56 Å². The molecular formula is C21H22N2O2. The van der Waals surface area contributed by atoms with Gasteiger partial charge in [0.05, 0.1) is 13.2 Å². The molecule has 0 bridgehead atoms. The summed E-state index contributed by atoms with van der Waals surface area (Å²) in [4.78, 5) is 17.2. The summed E-state index contributed by atoms with van der Waals surface area (Å²) in [6, 6.07) is 17.0. The summed E-state index contributed by atoms with van der Waals surface area (Å²) in [5.74, 6) is 0. The first kappa shape index (κ1) is 16.1. The number of benzene rings is 2. The van der Waals surface area contributed by atoms with E-state index in [4.69, 9.17) is 4.74 Å². The highest BCUT2D eigenvalue weighted by atomic mass is 16.5. The van der Waals surface area contributed by atoms with Crippen molar-refractivity contribution in [1.29, 1.82) is 0 Å². The van der Waals surface area contributed by atoms with Crippen molar-refractivity contribution in [1.82, 2.24) is 9.88 Å². The Hall–Kier alpha value is -2.43. The van der Waals surface area contributed by atoms with Gasteiger partial charge < -0.3 is 9.72 Å². The smallest absolute Gasteiger partial charge is 0.255 e. The van der Waals surface area contributed by atoms with E-state index in [0.29, 0.717) is 6.04 Å². The third-order valence-corrected chi connectivity index (χ3v) is 5.10. The normalized spacial score (nSPS) is 16.8. The van der Waals surface area contributed by atoms with Crippen LogP contribution in [0.3, 0.4) is 0 Å². The van der Waals surface area contributed by atoms with Gasteiger partial charge in [0.25, 0.3) is 5.56 Å². The number of nitrogens with one attached hydrogen (secondary N) is 1. The second-order valence-electron chi connectivity index (χ2n) is 6.56. The lowest BCUT2D eigenvalue weighted by Crippen LogP contribution is -2.37. The van der Waals surface area contributed by atoms with Crippen LogP contribution in [-0.4, -0.2) is 36.2 Å². The molecule has 1 aromatic heterocycles. The summed E-state index contributed by atoms with van der Waals surface area (Å²) < 4.78 is 5.44. The minimum atomic E-state index is -0.0445. The molecule has 1 aliphatic heterocycles. The minimum absolute atomic E-state index is 0.0445. The van der Waals surface area contributed by atoms with Crippen molar-refractivity contribution < 1.29 is 4.74 Å². The predicted octanol–water partition coefficient (Wildman–Crippen LogP) is 3.59. The molecule has 0 aliphatic carbocycles. The highest BCUT2D eigenvalue weighted by molar-refractivity contribution is 5.86. The number of fused-ring (bicyclic) bond motifs is 1. The lowest BCUT2D eigenvalue weighted by molar-refractivity contribution is 0.0198. The van der Waals surface area contributed by atoms with Crippen molar-refractivity contribution in [3.63, 3.8) is 0 Å². The van der Waals surface area contributed by atoms with Crippen LogP contribution < -0.4 is 5.56 Å². The molecule has 4 nitrogen and oxygen atoms in total. The zero-order valence-electron chi connectivity index (χ0n) is 14.4. The van der Waals surface area contributed by atoms with Gasteiger partial charge >= 0.3 is 0 Å². The summed E-state index contributed by atoms with van der Waals surface area (Å²) in [5, 5.41) is 1.69. The number of aromatic nitrogens is 1.